The monoisotopic (exact) mass is 214 g/mol. The van der Waals surface area contributed by atoms with Crippen LogP contribution in [0, 0.1) is 6.92 Å². The highest BCUT2D eigenvalue weighted by Gasteiger charge is 2.01. The van der Waals surface area contributed by atoms with Gasteiger partial charge < -0.3 is 0 Å². The number of hydrogen-bond acceptors (Lipinski definition) is 0. The summed E-state index contributed by atoms with van der Waals surface area (Å²) in [6.45, 7) is 14.3. The Labute approximate surface area is 99.7 Å². The fourth-order valence-corrected chi connectivity index (χ4v) is 1.88. The van der Waals surface area contributed by atoms with Gasteiger partial charge in [-0.15, -0.1) is 6.58 Å². The summed E-state index contributed by atoms with van der Waals surface area (Å²) in [5.74, 6) is 0. The van der Waals surface area contributed by atoms with Gasteiger partial charge in [-0.25, -0.2) is 0 Å². The SMILES string of the molecule is C=C(C)CCCc1ccc(C)c(C(=C)C)c1. The largest absolute Gasteiger partial charge is 0.100 e. The van der Waals surface area contributed by atoms with E-state index < -0.39 is 0 Å². The summed E-state index contributed by atoms with van der Waals surface area (Å²) in [5, 5.41) is 0. The summed E-state index contributed by atoms with van der Waals surface area (Å²) in [5.41, 5.74) is 6.44. The molecule has 0 amide bonds. The van der Waals surface area contributed by atoms with Crippen molar-refractivity contribution in [1.29, 1.82) is 0 Å². The van der Waals surface area contributed by atoms with Crippen LogP contribution in [0.4, 0.5) is 0 Å². The molecule has 0 radical (unpaired) electrons. The Morgan fingerprint density at radius 1 is 1.19 bits per heavy atom. The number of aryl methyl sites for hydroxylation is 2. The van der Waals surface area contributed by atoms with Crippen molar-refractivity contribution < 1.29 is 0 Å². The summed E-state index contributed by atoms with van der Waals surface area (Å²) in [6.07, 6.45) is 3.44. The zero-order valence-corrected chi connectivity index (χ0v) is 10.8. The average Bonchev–Trinajstić information content (AvgIpc) is 2.19. The molecule has 1 aromatic rings. The smallest absolute Gasteiger partial charge is 0.0201 e. The first kappa shape index (κ1) is 12.8. The Morgan fingerprint density at radius 2 is 1.88 bits per heavy atom. The predicted molar refractivity (Wildman–Crippen MR) is 73.6 cm³/mol. The summed E-state index contributed by atoms with van der Waals surface area (Å²) in [4.78, 5) is 0. The van der Waals surface area contributed by atoms with Crippen molar-refractivity contribution in [2.75, 3.05) is 0 Å². The lowest BCUT2D eigenvalue weighted by Crippen LogP contribution is -1.91. The first-order chi connectivity index (χ1) is 7.50. The lowest BCUT2D eigenvalue weighted by molar-refractivity contribution is 0.813. The zero-order chi connectivity index (χ0) is 12.1. The third-order valence-corrected chi connectivity index (χ3v) is 2.83. The molecule has 0 atom stereocenters. The minimum absolute atomic E-state index is 1.12. The minimum atomic E-state index is 1.12. The van der Waals surface area contributed by atoms with Crippen molar-refractivity contribution in [3.8, 4) is 0 Å². The molecule has 0 bridgehead atoms. The summed E-state index contributed by atoms with van der Waals surface area (Å²) in [7, 11) is 0. The van der Waals surface area contributed by atoms with E-state index in [1.165, 1.54) is 28.7 Å². The molecule has 0 unspecified atom stereocenters. The topological polar surface area (TPSA) is 0 Å². The molecule has 0 aliphatic carbocycles. The molecule has 1 aromatic carbocycles. The molecule has 0 nitrogen and oxygen atoms in total. The molecule has 1 rings (SSSR count). The van der Waals surface area contributed by atoms with E-state index in [0.29, 0.717) is 0 Å². The van der Waals surface area contributed by atoms with Crippen LogP contribution in [0.15, 0.2) is 36.9 Å². The molecule has 0 spiro atoms. The number of benzene rings is 1. The molecule has 0 heterocycles. The second-order valence-corrected chi connectivity index (χ2v) is 4.74. The van der Waals surface area contributed by atoms with Gasteiger partial charge in [0.05, 0.1) is 0 Å². The number of hydrogen-bond donors (Lipinski definition) is 0. The minimum Gasteiger partial charge on any atom is -0.100 e. The molecule has 0 aromatic heterocycles. The van der Waals surface area contributed by atoms with Crippen molar-refractivity contribution in [3.63, 3.8) is 0 Å². The van der Waals surface area contributed by atoms with Crippen LogP contribution in [0.3, 0.4) is 0 Å². The van der Waals surface area contributed by atoms with Crippen LogP contribution in [0.25, 0.3) is 5.57 Å². The first-order valence-electron chi connectivity index (χ1n) is 5.90. The standard InChI is InChI=1S/C16H22/c1-12(2)7-6-8-15-10-9-14(5)16(11-15)13(3)4/h9-11H,1,3,6-8H2,2,4-5H3. The summed E-state index contributed by atoms with van der Waals surface area (Å²) >= 11 is 0. The maximum Gasteiger partial charge on any atom is -0.0201 e. The maximum atomic E-state index is 4.02. The molecule has 0 heteroatoms. The highest BCUT2D eigenvalue weighted by molar-refractivity contribution is 5.64. The van der Waals surface area contributed by atoms with Crippen LogP contribution in [-0.4, -0.2) is 0 Å². The van der Waals surface area contributed by atoms with Gasteiger partial charge in [-0.05, 0) is 56.7 Å². The molecular formula is C16H22. The lowest BCUT2D eigenvalue weighted by atomic mass is 9.97. The van der Waals surface area contributed by atoms with Gasteiger partial charge in [0.25, 0.3) is 0 Å². The van der Waals surface area contributed by atoms with Crippen LogP contribution in [0.1, 0.15) is 43.4 Å². The molecule has 0 saturated heterocycles. The normalized spacial score (nSPS) is 10.2. The second-order valence-electron chi connectivity index (χ2n) is 4.74. The van der Waals surface area contributed by atoms with Gasteiger partial charge >= 0.3 is 0 Å². The van der Waals surface area contributed by atoms with E-state index in [0.717, 1.165) is 18.4 Å². The van der Waals surface area contributed by atoms with Crippen molar-refractivity contribution in [2.24, 2.45) is 0 Å². The van der Waals surface area contributed by atoms with Crippen molar-refractivity contribution in [2.45, 2.75) is 40.0 Å². The quantitative estimate of drug-likeness (QED) is 0.610. The highest BCUT2D eigenvalue weighted by Crippen LogP contribution is 2.20. The van der Waals surface area contributed by atoms with E-state index in [-0.39, 0.29) is 0 Å². The molecule has 0 aliphatic heterocycles. The maximum absolute atomic E-state index is 4.02. The molecule has 16 heavy (non-hydrogen) atoms. The van der Waals surface area contributed by atoms with Gasteiger partial charge in [-0.3, -0.25) is 0 Å². The van der Waals surface area contributed by atoms with Crippen molar-refractivity contribution in [1.82, 2.24) is 0 Å². The van der Waals surface area contributed by atoms with E-state index >= 15 is 0 Å². The zero-order valence-electron chi connectivity index (χ0n) is 10.8. The third kappa shape index (κ3) is 3.69. The lowest BCUT2D eigenvalue weighted by Gasteiger charge is -2.08. The van der Waals surface area contributed by atoms with Gasteiger partial charge in [-0.1, -0.05) is 35.9 Å². The van der Waals surface area contributed by atoms with Gasteiger partial charge in [-0.2, -0.15) is 0 Å². The van der Waals surface area contributed by atoms with E-state index in [4.69, 9.17) is 0 Å². The van der Waals surface area contributed by atoms with Crippen molar-refractivity contribution >= 4 is 5.57 Å². The Hall–Kier alpha value is -1.30. The Balaban J connectivity index is 2.71. The summed E-state index contributed by atoms with van der Waals surface area (Å²) < 4.78 is 0. The molecule has 0 fully saturated rings. The Kier molecular flexibility index (Phi) is 4.54. The number of allylic oxidation sites excluding steroid dienone is 2. The molecule has 0 saturated carbocycles. The molecule has 0 aliphatic rings. The second kappa shape index (κ2) is 5.69. The number of rotatable bonds is 5. The fraction of sp³-hybridized carbons (Fsp3) is 0.375. The van der Waals surface area contributed by atoms with E-state index in [9.17, 15) is 0 Å². The van der Waals surface area contributed by atoms with Crippen LogP contribution in [0.5, 0.6) is 0 Å². The van der Waals surface area contributed by atoms with Crippen LogP contribution < -0.4 is 0 Å². The van der Waals surface area contributed by atoms with Gasteiger partial charge in [0, 0.05) is 0 Å². The fourth-order valence-electron chi connectivity index (χ4n) is 1.88. The first-order valence-corrected chi connectivity index (χ1v) is 5.90. The van der Waals surface area contributed by atoms with E-state index in [1.807, 2.05) is 0 Å². The third-order valence-electron chi connectivity index (χ3n) is 2.83. The predicted octanol–water partition coefficient (Wildman–Crippen LogP) is 4.93. The van der Waals surface area contributed by atoms with Crippen LogP contribution in [-0.2, 0) is 6.42 Å². The van der Waals surface area contributed by atoms with Gasteiger partial charge in [0.1, 0.15) is 0 Å². The van der Waals surface area contributed by atoms with E-state index in [2.05, 4.69) is 52.1 Å². The highest BCUT2D eigenvalue weighted by atomic mass is 14.1. The average molecular weight is 214 g/mol. The Morgan fingerprint density at radius 3 is 2.44 bits per heavy atom. The van der Waals surface area contributed by atoms with Crippen LogP contribution >= 0.6 is 0 Å². The van der Waals surface area contributed by atoms with Crippen molar-refractivity contribution in [3.05, 3.63) is 53.6 Å². The summed E-state index contributed by atoms with van der Waals surface area (Å²) in [6, 6.07) is 6.69. The van der Waals surface area contributed by atoms with Gasteiger partial charge in [0.15, 0.2) is 0 Å². The molecule has 0 N–H and O–H groups in total. The van der Waals surface area contributed by atoms with Gasteiger partial charge in [0.2, 0.25) is 0 Å². The molecular weight excluding hydrogens is 192 g/mol. The van der Waals surface area contributed by atoms with E-state index in [1.54, 1.807) is 0 Å². The Bertz CT molecular complexity index is 396. The molecule has 86 valence electrons. The van der Waals surface area contributed by atoms with Crippen LogP contribution in [0.2, 0.25) is 0 Å².